The van der Waals surface area contributed by atoms with Crippen molar-refractivity contribution in [2.45, 2.75) is 32.9 Å². The summed E-state index contributed by atoms with van der Waals surface area (Å²) in [6, 6.07) is 8.71. The highest BCUT2D eigenvalue weighted by atomic mass is 35.5. The van der Waals surface area contributed by atoms with Gasteiger partial charge in [0.15, 0.2) is 0 Å². The molecule has 1 aromatic heterocycles. The highest BCUT2D eigenvalue weighted by Gasteiger charge is 2.12. The predicted octanol–water partition coefficient (Wildman–Crippen LogP) is 3.78. The molecule has 24 heavy (non-hydrogen) atoms. The number of carbonyl (C=O) groups is 2. The summed E-state index contributed by atoms with van der Waals surface area (Å²) in [5.74, 6) is -0.446. The van der Waals surface area contributed by atoms with E-state index in [2.05, 4.69) is 15.6 Å². The number of aromatic nitrogens is 1. The van der Waals surface area contributed by atoms with Gasteiger partial charge in [-0.1, -0.05) is 42.3 Å². The summed E-state index contributed by atoms with van der Waals surface area (Å²) in [5, 5.41) is 6.19. The molecule has 128 valence electrons. The molecule has 0 aliphatic carbocycles. The monoisotopic (exact) mass is 367 g/mol. The van der Waals surface area contributed by atoms with Gasteiger partial charge in [0.1, 0.15) is 10.8 Å². The van der Waals surface area contributed by atoms with Crippen LogP contribution < -0.4 is 10.6 Å². The fourth-order valence-electron chi connectivity index (χ4n) is 2.04. The number of halogens is 2. The summed E-state index contributed by atoms with van der Waals surface area (Å²) in [6.07, 6.45) is 0.864. The average Bonchev–Trinajstić information content (AvgIpc) is 2.92. The predicted molar refractivity (Wildman–Crippen MR) is 95.6 cm³/mol. The molecule has 1 atom stereocenters. The van der Waals surface area contributed by atoms with E-state index in [4.69, 9.17) is 23.2 Å². The summed E-state index contributed by atoms with van der Waals surface area (Å²) in [5.41, 5.74) is 1.67. The van der Waals surface area contributed by atoms with Gasteiger partial charge in [-0.15, -0.1) is 0 Å². The van der Waals surface area contributed by atoms with Gasteiger partial charge in [0.2, 0.25) is 0 Å². The van der Waals surface area contributed by atoms with E-state index < -0.39 is 0 Å². The first-order valence-corrected chi connectivity index (χ1v) is 8.38. The summed E-state index contributed by atoms with van der Waals surface area (Å²) < 4.78 is 0. The van der Waals surface area contributed by atoms with E-state index in [9.17, 15) is 9.59 Å². The Morgan fingerprint density at radius 1 is 1.21 bits per heavy atom. The van der Waals surface area contributed by atoms with Crippen LogP contribution in [0.3, 0.4) is 0 Å². The lowest BCUT2D eigenvalue weighted by molar-refractivity contribution is 0.0936. The van der Waals surface area contributed by atoms with Gasteiger partial charge < -0.3 is 15.6 Å². The molecule has 1 unspecified atom stereocenters. The molecule has 0 radical (unpaired) electrons. The van der Waals surface area contributed by atoms with Crippen LogP contribution in [0, 0.1) is 0 Å². The SMILES string of the molecule is CCC(C)NC(=O)c1cccc(CNC(=O)c2cc(Cl)c(Cl)[nH]2)c1. The first-order chi connectivity index (χ1) is 11.4. The van der Waals surface area contributed by atoms with Crippen LogP contribution in [0.4, 0.5) is 0 Å². The second kappa shape index (κ2) is 8.22. The van der Waals surface area contributed by atoms with Crippen molar-refractivity contribution in [1.82, 2.24) is 15.6 Å². The summed E-state index contributed by atoms with van der Waals surface area (Å²) in [4.78, 5) is 26.9. The van der Waals surface area contributed by atoms with Gasteiger partial charge in [-0.3, -0.25) is 9.59 Å². The van der Waals surface area contributed by atoms with Crippen LogP contribution in [0.5, 0.6) is 0 Å². The minimum Gasteiger partial charge on any atom is -0.350 e. The Kier molecular flexibility index (Phi) is 6.29. The van der Waals surface area contributed by atoms with Gasteiger partial charge in [0.25, 0.3) is 11.8 Å². The van der Waals surface area contributed by atoms with E-state index in [-0.39, 0.29) is 35.2 Å². The van der Waals surface area contributed by atoms with Crippen LogP contribution in [-0.2, 0) is 6.54 Å². The van der Waals surface area contributed by atoms with Crippen molar-refractivity contribution >= 4 is 35.0 Å². The number of H-pyrrole nitrogens is 1. The van der Waals surface area contributed by atoms with Crippen molar-refractivity contribution in [3.8, 4) is 0 Å². The zero-order valence-corrected chi connectivity index (χ0v) is 15.0. The summed E-state index contributed by atoms with van der Waals surface area (Å²) >= 11 is 11.6. The molecule has 2 rings (SSSR count). The fourth-order valence-corrected chi connectivity index (χ4v) is 2.35. The first kappa shape index (κ1) is 18.4. The molecule has 0 fully saturated rings. The highest BCUT2D eigenvalue weighted by molar-refractivity contribution is 6.41. The third-order valence-electron chi connectivity index (χ3n) is 3.60. The van der Waals surface area contributed by atoms with Crippen LogP contribution in [-0.4, -0.2) is 22.8 Å². The number of benzene rings is 1. The number of amides is 2. The lowest BCUT2D eigenvalue weighted by Crippen LogP contribution is -2.32. The van der Waals surface area contributed by atoms with Gasteiger partial charge in [0.05, 0.1) is 5.02 Å². The maximum Gasteiger partial charge on any atom is 0.268 e. The van der Waals surface area contributed by atoms with Crippen molar-refractivity contribution < 1.29 is 9.59 Å². The molecule has 0 aliphatic rings. The van der Waals surface area contributed by atoms with E-state index >= 15 is 0 Å². The zero-order valence-electron chi connectivity index (χ0n) is 13.5. The fraction of sp³-hybridized carbons (Fsp3) is 0.294. The number of rotatable bonds is 6. The molecule has 0 spiro atoms. The Morgan fingerprint density at radius 3 is 2.58 bits per heavy atom. The number of hydrogen-bond donors (Lipinski definition) is 3. The van der Waals surface area contributed by atoms with E-state index in [1.165, 1.54) is 6.07 Å². The smallest absolute Gasteiger partial charge is 0.268 e. The third kappa shape index (κ3) is 4.76. The van der Waals surface area contributed by atoms with E-state index in [0.717, 1.165) is 12.0 Å². The lowest BCUT2D eigenvalue weighted by Gasteiger charge is -2.12. The van der Waals surface area contributed by atoms with Crippen molar-refractivity contribution in [3.05, 3.63) is 57.3 Å². The molecule has 0 saturated heterocycles. The van der Waals surface area contributed by atoms with Crippen molar-refractivity contribution in [1.29, 1.82) is 0 Å². The van der Waals surface area contributed by atoms with Gasteiger partial charge in [-0.25, -0.2) is 0 Å². The molecular weight excluding hydrogens is 349 g/mol. The Bertz CT molecular complexity index is 724. The Balaban J connectivity index is 1.99. The summed E-state index contributed by atoms with van der Waals surface area (Å²) in [7, 11) is 0. The van der Waals surface area contributed by atoms with Crippen LogP contribution in [0.15, 0.2) is 30.3 Å². The van der Waals surface area contributed by atoms with Crippen LogP contribution >= 0.6 is 23.2 Å². The van der Waals surface area contributed by atoms with Crippen molar-refractivity contribution in [2.75, 3.05) is 0 Å². The minimum atomic E-state index is -0.321. The van der Waals surface area contributed by atoms with E-state index in [1.807, 2.05) is 19.9 Å². The standard InChI is InChI=1S/C17H19Cl2N3O2/c1-3-10(2)21-16(23)12-6-4-5-11(7-12)9-20-17(24)14-8-13(18)15(19)22-14/h4-8,10,22H,3,9H2,1-2H3,(H,20,24)(H,21,23). The normalized spacial score (nSPS) is 11.8. The first-order valence-electron chi connectivity index (χ1n) is 7.62. The summed E-state index contributed by atoms with van der Waals surface area (Å²) in [6.45, 7) is 4.25. The molecule has 2 aromatic rings. The van der Waals surface area contributed by atoms with Gasteiger partial charge in [-0.05, 0) is 37.1 Å². The van der Waals surface area contributed by atoms with Crippen LogP contribution in [0.2, 0.25) is 10.2 Å². The Morgan fingerprint density at radius 2 is 1.96 bits per heavy atom. The van der Waals surface area contributed by atoms with Gasteiger partial charge >= 0.3 is 0 Å². The number of nitrogens with one attached hydrogen (secondary N) is 3. The quantitative estimate of drug-likeness (QED) is 0.726. The Labute approximate surface area is 150 Å². The second-order valence-electron chi connectivity index (χ2n) is 5.51. The Hall–Kier alpha value is -1.98. The van der Waals surface area contributed by atoms with E-state index in [1.54, 1.807) is 18.2 Å². The molecule has 0 bridgehead atoms. The molecule has 5 nitrogen and oxygen atoms in total. The zero-order chi connectivity index (χ0) is 17.7. The number of hydrogen-bond acceptors (Lipinski definition) is 2. The second-order valence-corrected chi connectivity index (χ2v) is 6.30. The molecule has 3 N–H and O–H groups in total. The molecule has 1 heterocycles. The molecule has 0 aliphatic heterocycles. The average molecular weight is 368 g/mol. The molecular formula is C17H19Cl2N3O2. The molecule has 1 aromatic carbocycles. The maximum absolute atomic E-state index is 12.1. The maximum atomic E-state index is 12.1. The number of carbonyl (C=O) groups excluding carboxylic acids is 2. The van der Waals surface area contributed by atoms with E-state index in [0.29, 0.717) is 10.6 Å². The van der Waals surface area contributed by atoms with Gasteiger partial charge in [-0.2, -0.15) is 0 Å². The third-order valence-corrected chi connectivity index (χ3v) is 4.29. The topological polar surface area (TPSA) is 74.0 Å². The van der Waals surface area contributed by atoms with Gasteiger partial charge in [0, 0.05) is 18.2 Å². The van der Waals surface area contributed by atoms with Crippen molar-refractivity contribution in [2.24, 2.45) is 0 Å². The van der Waals surface area contributed by atoms with Crippen molar-refractivity contribution in [3.63, 3.8) is 0 Å². The molecule has 7 heteroatoms. The molecule has 0 saturated carbocycles. The lowest BCUT2D eigenvalue weighted by atomic mass is 10.1. The minimum absolute atomic E-state index is 0.114. The highest BCUT2D eigenvalue weighted by Crippen LogP contribution is 2.21. The van der Waals surface area contributed by atoms with Crippen LogP contribution in [0.25, 0.3) is 0 Å². The van der Waals surface area contributed by atoms with Crippen LogP contribution in [0.1, 0.15) is 46.7 Å². The largest absolute Gasteiger partial charge is 0.350 e. The molecule has 2 amide bonds. The number of aromatic amines is 1.